The van der Waals surface area contributed by atoms with Crippen LogP contribution in [-0.2, 0) is 4.79 Å². The van der Waals surface area contributed by atoms with Crippen LogP contribution in [-0.4, -0.2) is 15.2 Å². The fraction of sp³-hybridized carbons (Fsp3) is 0. The first-order valence-electron chi connectivity index (χ1n) is 6.74. The smallest absolute Gasteiger partial charge is 0.268 e. The van der Waals surface area contributed by atoms with E-state index in [4.69, 9.17) is 12.2 Å². The number of carbonyl (C=O) groups is 1. The van der Waals surface area contributed by atoms with E-state index in [-0.39, 0.29) is 11.6 Å². The highest BCUT2D eigenvalue weighted by molar-refractivity contribution is 9.10. The molecule has 0 aromatic heterocycles. The van der Waals surface area contributed by atoms with Gasteiger partial charge in [-0.15, -0.1) is 0 Å². The molecule has 1 amide bonds. The van der Waals surface area contributed by atoms with Crippen molar-refractivity contribution in [1.29, 1.82) is 0 Å². The highest BCUT2D eigenvalue weighted by Crippen LogP contribution is 2.36. The molecule has 0 N–H and O–H groups in total. The first-order chi connectivity index (χ1) is 11.5. The van der Waals surface area contributed by atoms with Crippen LogP contribution < -0.4 is 4.90 Å². The Kier molecular flexibility index (Phi) is 4.79. The number of nitro groups is 1. The highest BCUT2D eigenvalue weighted by atomic mass is 79.9. The molecule has 8 heteroatoms. The van der Waals surface area contributed by atoms with Gasteiger partial charge in [0.1, 0.15) is 0 Å². The van der Waals surface area contributed by atoms with Gasteiger partial charge in [-0.05, 0) is 45.8 Å². The number of benzene rings is 2. The third-order valence-electron chi connectivity index (χ3n) is 3.27. The summed E-state index contributed by atoms with van der Waals surface area (Å²) in [6.45, 7) is 0. The van der Waals surface area contributed by atoms with E-state index in [1.807, 2.05) is 18.2 Å². The van der Waals surface area contributed by atoms with E-state index in [0.717, 1.165) is 0 Å². The molecule has 1 fully saturated rings. The molecule has 1 saturated heterocycles. The van der Waals surface area contributed by atoms with E-state index >= 15 is 0 Å². The molecule has 0 unspecified atom stereocenters. The van der Waals surface area contributed by atoms with Crippen LogP contribution in [0.4, 0.5) is 11.4 Å². The minimum Gasteiger partial charge on any atom is -0.268 e. The summed E-state index contributed by atoms with van der Waals surface area (Å²) in [6.07, 6.45) is 1.61. The van der Waals surface area contributed by atoms with E-state index < -0.39 is 4.92 Å². The Morgan fingerprint density at radius 1 is 1.21 bits per heavy atom. The predicted octanol–water partition coefficient (Wildman–Crippen LogP) is 4.76. The lowest BCUT2D eigenvalue weighted by Gasteiger charge is -2.13. The molecule has 0 spiro atoms. The van der Waals surface area contributed by atoms with Crippen molar-refractivity contribution >= 4 is 67.6 Å². The Hall–Kier alpha value is -2.03. The molecule has 120 valence electrons. The Balaban J connectivity index is 1.95. The molecule has 1 aliphatic heterocycles. The maximum Gasteiger partial charge on any atom is 0.284 e. The number of thiocarbonyl (C=S) groups is 1. The molecule has 0 radical (unpaired) electrons. The lowest BCUT2D eigenvalue weighted by molar-refractivity contribution is -0.385. The zero-order valence-electron chi connectivity index (χ0n) is 12.0. The minimum atomic E-state index is -0.476. The highest BCUT2D eigenvalue weighted by Gasteiger charge is 2.33. The summed E-state index contributed by atoms with van der Waals surface area (Å²) in [6, 6.07) is 13.8. The molecule has 2 aromatic carbocycles. The largest absolute Gasteiger partial charge is 0.284 e. The molecule has 0 aliphatic carbocycles. The second-order valence-corrected chi connectivity index (χ2v) is 7.35. The van der Waals surface area contributed by atoms with Crippen molar-refractivity contribution < 1.29 is 9.72 Å². The van der Waals surface area contributed by atoms with Gasteiger partial charge in [0.15, 0.2) is 4.32 Å². The van der Waals surface area contributed by atoms with Gasteiger partial charge in [0.25, 0.3) is 11.6 Å². The minimum absolute atomic E-state index is 0.0534. The molecule has 0 atom stereocenters. The van der Waals surface area contributed by atoms with E-state index in [1.54, 1.807) is 30.3 Å². The number of para-hydroxylation sites is 1. The summed E-state index contributed by atoms with van der Waals surface area (Å²) in [5, 5.41) is 11.0. The third kappa shape index (κ3) is 3.26. The normalized spacial score (nSPS) is 16.0. The van der Waals surface area contributed by atoms with Crippen LogP contribution in [0.2, 0.25) is 0 Å². The SMILES string of the molecule is O=C1/C(=C\c2ccc(Br)c([N+](=O)[O-])c2)SC(=S)N1c1ccccc1. The summed E-state index contributed by atoms with van der Waals surface area (Å²) >= 11 is 9.61. The first kappa shape index (κ1) is 16.8. The molecule has 1 aliphatic rings. The number of nitro benzene ring substituents is 1. The van der Waals surface area contributed by atoms with Crippen LogP contribution in [0, 0.1) is 10.1 Å². The van der Waals surface area contributed by atoms with Crippen LogP contribution in [0.25, 0.3) is 6.08 Å². The van der Waals surface area contributed by atoms with E-state index in [2.05, 4.69) is 15.9 Å². The van der Waals surface area contributed by atoms with Gasteiger partial charge in [-0.1, -0.05) is 48.2 Å². The Morgan fingerprint density at radius 3 is 2.58 bits per heavy atom. The summed E-state index contributed by atoms with van der Waals surface area (Å²) in [7, 11) is 0. The van der Waals surface area contributed by atoms with Crippen LogP contribution in [0.5, 0.6) is 0 Å². The van der Waals surface area contributed by atoms with E-state index in [1.165, 1.54) is 22.7 Å². The lowest BCUT2D eigenvalue weighted by Crippen LogP contribution is -2.27. The second kappa shape index (κ2) is 6.84. The molecule has 0 bridgehead atoms. The number of anilines is 1. The Morgan fingerprint density at radius 2 is 1.92 bits per heavy atom. The monoisotopic (exact) mass is 420 g/mol. The molecule has 24 heavy (non-hydrogen) atoms. The molecule has 2 aromatic rings. The zero-order valence-corrected chi connectivity index (χ0v) is 15.2. The molecular weight excluding hydrogens is 412 g/mol. The first-order valence-corrected chi connectivity index (χ1v) is 8.76. The number of amides is 1. The van der Waals surface area contributed by atoms with E-state index in [9.17, 15) is 14.9 Å². The van der Waals surface area contributed by atoms with Crippen molar-refractivity contribution in [3.8, 4) is 0 Å². The average molecular weight is 421 g/mol. The van der Waals surface area contributed by atoms with Gasteiger partial charge < -0.3 is 0 Å². The van der Waals surface area contributed by atoms with Gasteiger partial charge in [0.2, 0.25) is 0 Å². The molecule has 0 saturated carbocycles. The maximum absolute atomic E-state index is 12.6. The Labute approximate surface area is 155 Å². The van der Waals surface area contributed by atoms with Gasteiger partial charge in [-0.2, -0.15) is 0 Å². The van der Waals surface area contributed by atoms with Crippen LogP contribution in [0.15, 0.2) is 57.9 Å². The fourth-order valence-corrected chi connectivity index (χ4v) is 3.87. The molecule has 5 nitrogen and oxygen atoms in total. The number of rotatable bonds is 3. The average Bonchev–Trinajstić information content (AvgIpc) is 2.83. The summed E-state index contributed by atoms with van der Waals surface area (Å²) in [5.74, 6) is -0.234. The molecular formula is C16H9BrN2O3S2. The van der Waals surface area contributed by atoms with Gasteiger partial charge in [0, 0.05) is 6.07 Å². The number of hydrogen-bond donors (Lipinski definition) is 0. The van der Waals surface area contributed by atoms with Crippen molar-refractivity contribution in [1.82, 2.24) is 0 Å². The number of hydrogen-bond acceptors (Lipinski definition) is 5. The van der Waals surface area contributed by atoms with Crippen molar-refractivity contribution in [2.24, 2.45) is 0 Å². The summed E-state index contributed by atoms with van der Waals surface area (Å²) in [4.78, 5) is 25.0. The standard InChI is InChI=1S/C16H9BrN2O3S2/c17-12-7-6-10(8-13(12)19(21)22)9-14-15(20)18(16(23)24-14)11-4-2-1-3-5-11/h1-9H/b14-9+. The molecule has 3 rings (SSSR count). The summed E-state index contributed by atoms with van der Waals surface area (Å²) < 4.78 is 0.825. The van der Waals surface area contributed by atoms with Gasteiger partial charge in [0.05, 0.1) is 20.0 Å². The second-order valence-electron chi connectivity index (χ2n) is 4.82. The third-order valence-corrected chi connectivity index (χ3v) is 5.25. The lowest BCUT2D eigenvalue weighted by atomic mass is 10.2. The van der Waals surface area contributed by atoms with Crippen LogP contribution in [0.1, 0.15) is 5.56 Å². The number of carbonyl (C=O) groups excluding carboxylic acids is 1. The predicted molar refractivity (Wildman–Crippen MR) is 103 cm³/mol. The van der Waals surface area contributed by atoms with Gasteiger partial charge in [-0.3, -0.25) is 19.8 Å². The van der Waals surface area contributed by atoms with E-state index in [0.29, 0.717) is 24.9 Å². The van der Waals surface area contributed by atoms with Gasteiger partial charge in [-0.25, -0.2) is 0 Å². The summed E-state index contributed by atoms with van der Waals surface area (Å²) in [5.41, 5.74) is 1.21. The molecule has 1 heterocycles. The van der Waals surface area contributed by atoms with Crippen molar-refractivity contribution in [2.45, 2.75) is 0 Å². The topological polar surface area (TPSA) is 63.4 Å². The number of nitrogens with zero attached hydrogens (tertiary/aromatic N) is 2. The zero-order chi connectivity index (χ0) is 17.3. The number of thioether (sulfide) groups is 1. The quantitative estimate of drug-likeness (QED) is 0.309. The Bertz CT molecular complexity index is 884. The van der Waals surface area contributed by atoms with Crippen molar-refractivity contribution in [2.75, 3.05) is 4.90 Å². The van der Waals surface area contributed by atoms with Gasteiger partial charge >= 0.3 is 0 Å². The fourth-order valence-electron chi connectivity index (χ4n) is 2.18. The van der Waals surface area contributed by atoms with Crippen molar-refractivity contribution in [3.05, 3.63) is 73.6 Å². The maximum atomic E-state index is 12.6. The van der Waals surface area contributed by atoms with Crippen LogP contribution >= 0.6 is 39.9 Å². The van der Waals surface area contributed by atoms with Crippen LogP contribution in [0.3, 0.4) is 0 Å². The van der Waals surface area contributed by atoms with Crippen molar-refractivity contribution in [3.63, 3.8) is 0 Å². The number of halogens is 1.